The maximum atomic E-state index is 11.6. The van der Waals surface area contributed by atoms with Gasteiger partial charge >= 0.3 is 0 Å². The van der Waals surface area contributed by atoms with Crippen LogP contribution in [0, 0.1) is 3.57 Å². The molecule has 0 aliphatic heterocycles. The van der Waals surface area contributed by atoms with E-state index < -0.39 is 0 Å². The molecule has 76 valence electrons. The molecule has 0 unspecified atom stereocenters. The van der Waals surface area contributed by atoms with E-state index >= 15 is 0 Å². The van der Waals surface area contributed by atoms with Gasteiger partial charge in [-0.15, -0.1) is 0 Å². The summed E-state index contributed by atoms with van der Waals surface area (Å²) in [4.78, 5) is 16.3. The van der Waals surface area contributed by atoms with Gasteiger partial charge in [-0.2, -0.15) is 0 Å². The average Bonchev–Trinajstić information content (AvgIpc) is 2.19. The van der Waals surface area contributed by atoms with Gasteiger partial charge in [-0.05, 0) is 40.8 Å². The summed E-state index contributed by atoms with van der Waals surface area (Å²) < 4.78 is 0.883. The Morgan fingerprint density at radius 1 is 1.57 bits per heavy atom. The summed E-state index contributed by atoms with van der Waals surface area (Å²) in [5.74, 6) is -0.414. The Labute approximate surface area is 95.6 Å². The SMILES string of the molecule is CON(C)C(=O)c1cc(I)ccc1O. The van der Waals surface area contributed by atoms with Crippen LogP contribution in [0.3, 0.4) is 0 Å². The van der Waals surface area contributed by atoms with Crippen molar-refractivity contribution < 1.29 is 14.7 Å². The lowest BCUT2D eigenvalue weighted by molar-refractivity contribution is -0.0758. The Morgan fingerprint density at radius 3 is 2.79 bits per heavy atom. The Bertz CT molecular complexity index is 354. The molecule has 0 spiro atoms. The Hall–Kier alpha value is -0.820. The van der Waals surface area contributed by atoms with Gasteiger partial charge in [-0.3, -0.25) is 9.63 Å². The Kier molecular flexibility index (Phi) is 3.70. The van der Waals surface area contributed by atoms with Crippen molar-refractivity contribution in [3.05, 3.63) is 27.3 Å². The van der Waals surface area contributed by atoms with Crippen LogP contribution in [0.2, 0.25) is 0 Å². The van der Waals surface area contributed by atoms with Crippen LogP contribution in [0.15, 0.2) is 18.2 Å². The summed E-state index contributed by atoms with van der Waals surface area (Å²) in [5, 5.41) is 10.5. The van der Waals surface area contributed by atoms with Gasteiger partial charge in [0.25, 0.3) is 5.91 Å². The number of phenols is 1. The highest BCUT2D eigenvalue weighted by molar-refractivity contribution is 14.1. The van der Waals surface area contributed by atoms with E-state index in [1.807, 2.05) is 0 Å². The summed E-state index contributed by atoms with van der Waals surface area (Å²) in [7, 11) is 2.88. The van der Waals surface area contributed by atoms with Gasteiger partial charge in [0, 0.05) is 10.6 Å². The number of phenolic OH excluding ortho intramolecular Hbond substituents is 1. The molecule has 0 fully saturated rings. The number of halogens is 1. The van der Waals surface area contributed by atoms with E-state index in [-0.39, 0.29) is 17.2 Å². The van der Waals surface area contributed by atoms with Gasteiger partial charge in [-0.25, -0.2) is 5.06 Å². The zero-order valence-electron chi connectivity index (χ0n) is 7.82. The minimum Gasteiger partial charge on any atom is -0.507 e. The fraction of sp³-hybridized carbons (Fsp3) is 0.222. The van der Waals surface area contributed by atoms with Crippen molar-refractivity contribution in [1.82, 2.24) is 5.06 Å². The minimum absolute atomic E-state index is 0.0423. The van der Waals surface area contributed by atoms with Gasteiger partial charge in [0.15, 0.2) is 0 Å². The van der Waals surface area contributed by atoms with Gasteiger partial charge in [0.1, 0.15) is 5.75 Å². The van der Waals surface area contributed by atoms with Crippen molar-refractivity contribution in [2.24, 2.45) is 0 Å². The van der Waals surface area contributed by atoms with Crippen molar-refractivity contribution >= 4 is 28.5 Å². The molecule has 0 atom stereocenters. The predicted molar refractivity (Wildman–Crippen MR) is 59.9 cm³/mol. The van der Waals surface area contributed by atoms with Crippen molar-refractivity contribution in [2.45, 2.75) is 0 Å². The normalized spacial score (nSPS) is 9.93. The predicted octanol–water partition coefficient (Wildman–Crippen LogP) is 1.63. The molecule has 1 amide bonds. The summed E-state index contributed by atoms with van der Waals surface area (Å²) >= 11 is 2.07. The summed E-state index contributed by atoms with van der Waals surface area (Å²) in [5.41, 5.74) is 0.237. The number of hydroxylamine groups is 2. The van der Waals surface area contributed by atoms with E-state index in [0.717, 1.165) is 8.63 Å². The van der Waals surface area contributed by atoms with Gasteiger partial charge in [-0.1, -0.05) is 0 Å². The highest BCUT2D eigenvalue weighted by atomic mass is 127. The fourth-order valence-corrected chi connectivity index (χ4v) is 1.42. The number of hydrogen-bond donors (Lipinski definition) is 1. The van der Waals surface area contributed by atoms with Crippen LogP contribution in [0.4, 0.5) is 0 Å². The van der Waals surface area contributed by atoms with E-state index in [4.69, 9.17) is 4.84 Å². The molecule has 0 aliphatic rings. The number of nitrogens with zero attached hydrogens (tertiary/aromatic N) is 1. The largest absolute Gasteiger partial charge is 0.507 e. The zero-order valence-corrected chi connectivity index (χ0v) is 9.98. The highest BCUT2D eigenvalue weighted by Crippen LogP contribution is 2.20. The van der Waals surface area contributed by atoms with Crippen LogP contribution >= 0.6 is 22.6 Å². The third-order valence-electron chi connectivity index (χ3n) is 1.75. The van der Waals surface area contributed by atoms with Crippen LogP contribution < -0.4 is 0 Å². The van der Waals surface area contributed by atoms with E-state index in [1.165, 1.54) is 20.2 Å². The topological polar surface area (TPSA) is 49.8 Å². The molecular formula is C9H10INO3. The molecule has 1 N–H and O–H groups in total. The molecule has 5 heteroatoms. The first-order valence-electron chi connectivity index (χ1n) is 3.87. The van der Waals surface area contributed by atoms with Crippen molar-refractivity contribution in [1.29, 1.82) is 0 Å². The number of aromatic hydroxyl groups is 1. The van der Waals surface area contributed by atoms with Crippen molar-refractivity contribution in [3.63, 3.8) is 0 Å². The van der Waals surface area contributed by atoms with Crippen LogP contribution in [-0.2, 0) is 4.84 Å². The van der Waals surface area contributed by atoms with Crippen LogP contribution in [0.25, 0.3) is 0 Å². The first kappa shape index (κ1) is 11.3. The second-order valence-corrected chi connectivity index (χ2v) is 3.89. The number of benzene rings is 1. The van der Waals surface area contributed by atoms with E-state index in [2.05, 4.69) is 22.6 Å². The van der Waals surface area contributed by atoms with E-state index in [1.54, 1.807) is 12.1 Å². The molecule has 0 radical (unpaired) electrons. The quantitative estimate of drug-likeness (QED) is 0.667. The van der Waals surface area contributed by atoms with Crippen molar-refractivity contribution in [3.8, 4) is 5.75 Å². The molecule has 1 aromatic carbocycles. The molecule has 0 saturated carbocycles. The van der Waals surface area contributed by atoms with Crippen molar-refractivity contribution in [2.75, 3.05) is 14.2 Å². The van der Waals surface area contributed by atoms with Gasteiger partial charge in [0.2, 0.25) is 0 Å². The molecule has 14 heavy (non-hydrogen) atoms. The number of amides is 1. The van der Waals surface area contributed by atoms with Crippen LogP contribution in [0.1, 0.15) is 10.4 Å². The Morgan fingerprint density at radius 2 is 2.21 bits per heavy atom. The van der Waals surface area contributed by atoms with Crippen LogP contribution in [-0.4, -0.2) is 30.2 Å². The lowest BCUT2D eigenvalue weighted by atomic mass is 10.2. The maximum Gasteiger partial charge on any atom is 0.280 e. The summed E-state index contributed by atoms with van der Waals surface area (Å²) in [6.07, 6.45) is 0. The molecule has 0 aliphatic carbocycles. The number of rotatable bonds is 2. The number of hydrogen-bond acceptors (Lipinski definition) is 3. The molecule has 0 bridgehead atoms. The smallest absolute Gasteiger partial charge is 0.280 e. The number of carbonyl (C=O) groups is 1. The summed E-state index contributed by atoms with van der Waals surface area (Å²) in [6, 6.07) is 4.81. The average molecular weight is 307 g/mol. The molecule has 1 aromatic rings. The molecular weight excluding hydrogens is 297 g/mol. The molecule has 4 nitrogen and oxygen atoms in total. The third-order valence-corrected chi connectivity index (χ3v) is 2.42. The third kappa shape index (κ3) is 2.36. The molecule has 1 rings (SSSR count). The Balaban J connectivity index is 3.06. The van der Waals surface area contributed by atoms with E-state index in [9.17, 15) is 9.90 Å². The molecule has 0 heterocycles. The lowest BCUT2D eigenvalue weighted by Gasteiger charge is -2.14. The fourth-order valence-electron chi connectivity index (χ4n) is 0.932. The molecule has 0 saturated heterocycles. The molecule has 0 aromatic heterocycles. The van der Waals surface area contributed by atoms with Crippen LogP contribution in [0.5, 0.6) is 5.75 Å². The first-order chi connectivity index (χ1) is 6.56. The standard InChI is InChI=1S/C9H10INO3/c1-11(14-2)9(13)7-5-6(10)3-4-8(7)12/h3-5,12H,1-2H3. The lowest BCUT2D eigenvalue weighted by Crippen LogP contribution is -2.25. The first-order valence-corrected chi connectivity index (χ1v) is 4.95. The highest BCUT2D eigenvalue weighted by Gasteiger charge is 2.15. The summed E-state index contributed by atoms with van der Waals surface area (Å²) in [6.45, 7) is 0. The maximum absolute atomic E-state index is 11.6. The van der Waals surface area contributed by atoms with Gasteiger partial charge in [0.05, 0.1) is 12.7 Å². The zero-order chi connectivity index (χ0) is 10.7. The van der Waals surface area contributed by atoms with Gasteiger partial charge < -0.3 is 5.11 Å². The number of carbonyl (C=O) groups excluding carboxylic acids is 1. The van der Waals surface area contributed by atoms with E-state index in [0.29, 0.717) is 0 Å². The second kappa shape index (κ2) is 4.61. The monoisotopic (exact) mass is 307 g/mol. The second-order valence-electron chi connectivity index (χ2n) is 2.65. The minimum atomic E-state index is -0.372.